The van der Waals surface area contributed by atoms with E-state index in [0.29, 0.717) is 6.04 Å². The average molecular weight is 256 g/mol. The number of hydrogen-bond acceptors (Lipinski definition) is 2. The molecule has 1 fully saturated rings. The van der Waals surface area contributed by atoms with E-state index >= 15 is 0 Å². The molecular weight excluding hydrogens is 240 g/mol. The Morgan fingerprint density at radius 2 is 2.28 bits per heavy atom. The largest absolute Gasteiger partial charge is 0.343 e. The molecule has 1 heterocycles. The zero-order chi connectivity index (χ0) is 12.5. The molecule has 0 unspecified atom stereocenters. The van der Waals surface area contributed by atoms with Gasteiger partial charge in [0.05, 0.1) is 11.1 Å². The Morgan fingerprint density at radius 3 is 2.89 bits per heavy atom. The number of benzene rings is 1. The third-order valence-electron chi connectivity index (χ3n) is 3.71. The van der Waals surface area contributed by atoms with E-state index in [-0.39, 0.29) is 0 Å². The predicted octanol–water partition coefficient (Wildman–Crippen LogP) is 4.35. The standard InChI is InChI=1S/C15H16N2S/c1-2-18-13-6-7-14-11(9-16)10-17(15(14)8-13)12-4-3-5-12/h6-8,10,12H,2-5H2,1H3. The molecule has 92 valence electrons. The quantitative estimate of drug-likeness (QED) is 0.764. The van der Waals surface area contributed by atoms with Crippen molar-refractivity contribution in [2.45, 2.75) is 37.1 Å². The monoisotopic (exact) mass is 256 g/mol. The molecule has 3 rings (SSSR count). The lowest BCUT2D eigenvalue weighted by Crippen LogP contribution is -2.15. The summed E-state index contributed by atoms with van der Waals surface area (Å²) >= 11 is 1.86. The highest BCUT2D eigenvalue weighted by Crippen LogP contribution is 2.37. The van der Waals surface area contributed by atoms with Gasteiger partial charge >= 0.3 is 0 Å². The predicted molar refractivity (Wildman–Crippen MR) is 75.9 cm³/mol. The maximum absolute atomic E-state index is 9.23. The summed E-state index contributed by atoms with van der Waals surface area (Å²) in [4.78, 5) is 1.30. The molecule has 1 aliphatic rings. The zero-order valence-electron chi connectivity index (χ0n) is 10.5. The summed E-state index contributed by atoms with van der Waals surface area (Å²) in [6.45, 7) is 2.17. The molecular formula is C15H16N2S. The summed E-state index contributed by atoms with van der Waals surface area (Å²) in [6, 6.07) is 9.39. The summed E-state index contributed by atoms with van der Waals surface area (Å²) in [5.41, 5.74) is 2.04. The molecule has 2 nitrogen and oxygen atoms in total. The lowest BCUT2D eigenvalue weighted by molar-refractivity contribution is 0.321. The van der Waals surface area contributed by atoms with Crippen molar-refractivity contribution < 1.29 is 0 Å². The number of fused-ring (bicyclic) bond motifs is 1. The van der Waals surface area contributed by atoms with Gasteiger partial charge < -0.3 is 4.57 Å². The summed E-state index contributed by atoms with van der Waals surface area (Å²) in [7, 11) is 0. The molecule has 0 saturated heterocycles. The molecule has 1 aromatic heterocycles. The van der Waals surface area contributed by atoms with E-state index in [9.17, 15) is 5.26 Å². The van der Waals surface area contributed by atoms with E-state index in [2.05, 4.69) is 35.8 Å². The maximum Gasteiger partial charge on any atom is 0.101 e. The second-order valence-corrected chi connectivity index (χ2v) is 6.10. The van der Waals surface area contributed by atoms with Gasteiger partial charge in [-0.05, 0) is 37.1 Å². The fraction of sp³-hybridized carbons (Fsp3) is 0.400. The molecule has 18 heavy (non-hydrogen) atoms. The SMILES string of the molecule is CCSc1ccc2c(C#N)cn(C3CCC3)c2c1. The molecule has 1 aliphatic carbocycles. The van der Waals surface area contributed by atoms with Crippen molar-refractivity contribution in [2.24, 2.45) is 0 Å². The van der Waals surface area contributed by atoms with Gasteiger partial charge in [0.15, 0.2) is 0 Å². The van der Waals surface area contributed by atoms with Crippen LogP contribution in [0.4, 0.5) is 0 Å². The first-order chi connectivity index (χ1) is 8.83. The van der Waals surface area contributed by atoms with Crippen molar-refractivity contribution in [2.75, 3.05) is 5.75 Å². The highest BCUT2D eigenvalue weighted by atomic mass is 32.2. The van der Waals surface area contributed by atoms with Gasteiger partial charge in [-0.1, -0.05) is 13.0 Å². The van der Waals surface area contributed by atoms with Gasteiger partial charge in [0, 0.05) is 22.5 Å². The molecule has 0 amide bonds. The topological polar surface area (TPSA) is 28.7 Å². The van der Waals surface area contributed by atoms with Gasteiger partial charge in [-0.2, -0.15) is 5.26 Å². The minimum Gasteiger partial charge on any atom is -0.343 e. The van der Waals surface area contributed by atoms with Gasteiger partial charge in [-0.15, -0.1) is 11.8 Å². The summed E-state index contributed by atoms with van der Waals surface area (Å²) in [5.74, 6) is 1.08. The Kier molecular flexibility index (Phi) is 3.05. The van der Waals surface area contributed by atoms with Crippen LogP contribution < -0.4 is 0 Å². The molecule has 2 aromatic rings. The van der Waals surface area contributed by atoms with Crippen LogP contribution in [-0.2, 0) is 0 Å². The van der Waals surface area contributed by atoms with E-state index < -0.39 is 0 Å². The Morgan fingerprint density at radius 1 is 1.44 bits per heavy atom. The van der Waals surface area contributed by atoms with E-state index in [1.807, 2.05) is 18.0 Å². The fourth-order valence-electron chi connectivity index (χ4n) is 2.54. The van der Waals surface area contributed by atoms with Crippen LogP contribution in [0.25, 0.3) is 10.9 Å². The molecule has 1 saturated carbocycles. The minimum atomic E-state index is 0.608. The number of nitriles is 1. The van der Waals surface area contributed by atoms with Crippen LogP contribution in [-0.4, -0.2) is 10.3 Å². The zero-order valence-corrected chi connectivity index (χ0v) is 11.3. The highest BCUT2D eigenvalue weighted by Gasteiger charge is 2.22. The van der Waals surface area contributed by atoms with Crippen LogP contribution in [0.2, 0.25) is 0 Å². The lowest BCUT2D eigenvalue weighted by atomic mass is 9.93. The normalized spacial score (nSPS) is 15.6. The second kappa shape index (κ2) is 4.70. The number of aromatic nitrogens is 1. The van der Waals surface area contributed by atoms with Crippen LogP contribution >= 0.6 is 11.8 Å². The number of hydrogen-bond donors (Lipinski definition) is 0. The van der Waals surface area contributed by atoms with Gasteiger partial charge in [0.2, 0.25) is 0 Å². The van der Waals surface area contributed by atoms with E-state index in [1.54, 1.807) is 0 Å². The Balaban J connectivity index is 2.15. The van der Waals surface area contributed by atoms with E-state index in [0.717, 1.165) is 16.7 Å². The van der Waals surface area contributed by atoms with E-state index in [4.69, 9.17) is 0 Å². The minimum absolute atomic E-state index is 0.608. The maximum atomic E-state index is 9.23. The summed E-state index contributed by atoms with van der Waals surface area (Å²) in [5, 5.41) is 10.3. The van der Waals surface area contributed by atoms with Crippen molar-refractivity contribution in [3.05, 3.63) is 30.0 Å². The smallest absolute Gasteiger partial charge is 0.101 e. The first kappa shape index (κ1) is 11.7. The van der Waals surface area contributed by atoms with Crippen molar-refractivity contribution in [1.29, 1.82) is 5.26 Å². The highest BCUT2D eigenvalue weighted by molar-refractivity contribution is 7.99. The molecule has 0 N–H and O–H groups in total. The van der Waals surface area contributed by atoms with Crippen LogP contribution in [0.5, 0.6) is 0 Å². The second-order valence-electron chi connectivity index (χ2n) is 4.76. The van der Waals surface area contributed by atoms with Crippen molar-refractivity contribution in [3.8, 4) is 6.07 Å². The van der Waals surface area contributed by atoms with Gasteiger partial charge in [0.1, 0.15) is 6.07 Å². The number of rotatable bonds is 3. The first-order valence-corrected chi connectivity index (χ1v) is 7.49. The molecule has 3 heteroatoms. The van der Waals surface area contributed by atoms with Crippen molar-refractivity contribution in [3.63, 3.8) is 0 Å². The third kappa shape index (κ3) is 1.81. The average Bonchev–Trinajstić information content (AvgIpc) is 2.66. The van der Waals surface area contributed by atoms with Crippen LogP contribution in [0.15, 0.2) is 29.3 Å². The molecule has 0 aliphatic heterocycles. The lowest BCUT2D eigenvalue weighted by Gasteiger charge is -2.28. The molecule has 0 radical (unpaired) electrons. The first-order valence-electron chi connectivity index (χ1n) is 6.51. The molecule has 0 atom stereocenters. The molecule has 1 aromatic carbocycles. The van der Waals surface area contributed by atoms with E-state index in [1.165, 1.54) is 29.7 Å². The molecule has 0 bridgehead atoms. The van der Waals surface area contributed by atoms with Crippen LogP contribution in [0.3, 0.4) is 0 Å². The van der Waals surface area contributed by atoms with Crippen molar-refractivity contribution in [1.82, 2.24) is 4.57 Å². The fourth-order valence-corrected chi connectivity index (χ4v) is 3.24. The van der Waals surface area contributed by atoms with Crippen molar-refractivity contribution >= 4 is 22.7 Å². The third-order valence-corrected chi connectivity index (χ3v) is 4.58. The van der Waals surface area contributed by atoms with Crippen LogP contribution in [0.1, 0.15) is 37.8 Å². The number of nitrogens with zero attached hydrogens (tertiary/aromatic N) is 2. The Hall–Kier alpha value is -1.40. The molecule has 0 spiro atoms. The Bertz CT molecular complexity index is 617. The van der Waals surface area contributed by atoms with Crippen LogP contribution in [0, 0.1) is 11.3 Å². The van der Waals surface area contributed by atoms with Gasteiger partial charge in [-0.3, -0.25) is 0 Å². The summed E-state index contributed by atoms with van der Waals surface area (Å²) in [6.07, 6.45) is 5.85. The van der Waals surface area contributed by atoms with Gasteiger partial charge in [0.25, 0.3) is 0 Å². The Labute approximate surface area is 112 Å². The van der Waals surface area contributed by atoms with Gasteiger partial charge in [-0.25, -0.2) is 0 Å². The summed E-state index contributed by atoms with van der Waals surface area (Å²) < 4.78 is 2.32. The number of thioether (sulfide) groups is 1.